The first-order valence-electron chi connectivity index (χ1n) is 3.69. The Morgan fingerprint density at radius 2 is 1.25 bits per heavy atom. The first-order valence-corrected chi connectivity index (χ1v) is 3.69. The van der Waals surface area contributed by atoms with Crippen molar-refractivity contribution in [2.24, 2.45) is 0 Å². The summed E-state index contributed by atoms with van der Waals surface area (Å²) < 4.78 is 99.1. The van der Waals surface area contributed by atoms with E-state index >= 15 is 0 Å². The lowest BCUT2D eigenvalue weighted by Gasteiger charge is -2.17. The van der Waals surface area contributed by atoms with Crippen molar-refractivity contribution in [1.29, 1.82) is 0 Å². The monoisotopic (exact) mass is 250 g/mol. The van der Waals surface area contributed by atoms with Gasteiger partial charge in [0.05, 0.1) is 0 Å². The molecule has 90 valence electrons. The first kappa shape index (κ1) is 12.7. The molecular weight excluding hydrogens is 248 g/mol. The fourth-order valence-corrected chi connectivity index (χ4v) is 0.975. The van der Waals surface area contributed by atoms with Crippen LogP contribution in [0.2, 0.25) is 0 Å². The van der Waals surface area contributed by atoms with Crippen molar-refractivity contribution in [2.45, 2.75) is 12.3 Å². The average Bonchev–Trinajstić information content (AvgIpc) is 2.14. The molecule has 1 aromatic rings. The Bertz CT molecular complexity index is 385. The zero-order valence-corrected chi connectivity index (χ0v) is 7.18. The highest BCUT2D eigenvalue weighted by Gasteiger charge is 2.48. The summed E-state index contributed by atoms with van der Waals surface area (Å²) >= 11 is 0. The predicted octanol–water partition coefficient (Wildman–Crippen LogP) is 3.60. The lowest BCUT2D eigenvalue weighted by Crippen LogP contribution is -2.27. The molecule has 0 N–H and O–H groups in total. The number of hydrogen-bond donors (Lipinski definition) is 0. The van der Waals surface area contributed by atoms with Crippen LogP contribution in [0.5, 0.6) is 0 Å². The average molecular weight is 250 g/mol. The molecule has 0 amide bonds. The molecule has 0 saturated heterocycles. The van der Waals surface area contributed by atoms with Gasteiger partial charge in [0.2, 0.25) is 0 Å². The quantitative estimate of drug-likeness (QED) is 0.555. The largest absolute Gasteiger partial charge is 0.338 e. The van der Waals surface area contributed by atoms with Gasteiger partial charge in [0.15, 0.2) is 23.3 Å². The summed E-state index contributed by atoms with van der Waals surface area (Å²) in [5, 5.41) is 0. The maximum Gasteiger partial charge on any atom is 0.338 e. The minimum Gasteiger partial charge on any atom is -0.204 e. The van der Waals surface area contributed by atoms with Gasteiger partial charge in [-0.1, -0.05) is 0 Å². The van der Waals surface area contributed by atoms with E-state index in [1.165, 1.54) is 0 Å². The Morgan fingerprint density at radius 1 is 0.875 bits per heavy atom. The van der Waals surface area contributed by atoms with E-state index in [4.69, 9.17) is 0 Å². The Balaban J connectivity index is 3.55. The Labute approximate surface area is 83.5 Å². The second-order valence-corrected chi connectivity index (χ2v) is 2.77. The number of hydrogen-bond acceptors (Lipinski definition) is 0. The van der Waals surface area contributed by atoms with Gasteiger partial charge in [-0.25, -0.2) is 26.3 Å². The summed E-state index contributed by atoms with van der Waals surface area (Å²) in [6.45, 7) is 0. The number of halogens is 8. The van der Waals surface area contributed by atoms with Crippen molar-refractivity contribution in [3.05, 3.63) is 34.9 Å². The van der Waals surface area contributed by atoms with E-state index in [2.05, 4.69) is 0 Å². The van der Waals surface area contributed by atoms with Crippen LogP contribution >= 0.6 is 0 Å². The minimum absolute atomic E-state index is 0.351. The highest BCUT2D eigenvalue weighted by atomic mass is 19.3. The van der Waals surface area contributed by atoms with Crippen molar-refractivity contribution in [1.82, 2.24) is 0 Å². The summed E-state index contributed by atoms with van der Waals surface area (Å²) in [6, 6.07) is -0.351. The minimum atomic E-state index is -5.31. The summed E-state index contributed by atoms with van der Waals surface area (Å²) in [5.74, 6) is -14.7. The van der Waals surface area contributed by atoms with E-state index in [1.807, 2.05) is 0 Å². The van der Waals surface area contributed by atoms with Crippen LogP contribution in [0.3, 0.4) is 0 Å². The van der Waals surface area contributed by atoms with E-state index in [-0.39, 0.29) is 6.07 Å². The molecule has 0 fully saturated rings. The Kier molecular flexibility index (Phi) is 3.11. The number of alkyl halides is 4. The third-order valence-electron chi connectivity index (χ3n) is 1.72. The Hall–Kier alpha value is -1.34. The molecule has 0 saturated carbocycles. The van der Waals surface area contributed by atoms with E-state index < -0.39 is 41.2 Å². The summed E-state index contributed by atoms with van der Waals surface area (Å²) in [6.07, 6.45) is -4.49. The third-order valence-corrected chi connectivity index (χ3v) is 1.72. The molecule has 0 spiro atoms. The van der Waals surface area contributed by atoms with Crippen LogP contribution in [0.1, 0.15) is 5.56 Å². The molecule has 0 nitrogen and oxygen atoms in total. The molecule has 0 aromatic heterocycles. The molecule has 0 unspecified atom stereocenters. The summed E-state index contributed by atoms with van der Waals surface area (Å²) in [4.78, 5) is 0. The third kappa shape index (κ3) is 1.83. The lowest BCUT2D eigenvalue weighted by molar-refractivity contribution is -0.139. The molecule has 0 aliphatic rings. The van der Waals surface area contributed by atoms with E-state index in [0.29, 0.717) is 0 Å². The van der Waals surface area contributed by atoms with Crippen molar-refractivity contribution in [3.63, 3.8) is 0 Å². The van der Waals surface area contributed by atoms with Gasteiger partial charge in [0, 0.05) is 6.07 Å². The zero-order chi connectivity index (χ0) is 12.7. The van der Waals surface area contributed by atoms with Crippen LogP contribution in [0.4, 0.5) is 35.1 Å². The molecule has 0 aliphatic heterocycles. The molecule has 0 bridgehead atoms. The van der Waals surface area contributed by atoms with E-state index in [9.17, 15) is 35.1 Å². The van der Waals surface area contributed by atoms with Crippen LogP contribution in [0.25, 0.3) is 0 Å². The predicted molar refractivity (Wildman–Crippen MR) is 36.2 cm³/mol. The van der Waals surface area contributed by atoms with Gasteiger partial charge in [0.25, 0.3) is 0 Å². The van der Waals surface area contributed by atoms with Crippen molar-refractivity contribution in [3.8, 4) is 0 Å². The number of benzene rings is 1. The standard InChI is InChI=1S/C8H2F8/c9-2-1-3(10)6(12)4(5(2)11)8(15,16)7(13)14/h1,7H. The molecule has 0 heterocycles. The first-order chi connectivity index (χ1) is 7.19. The van der Waals surface area contributed by atoms with Gasteiger partial charge in [-0.05, 0) is 0 Å². The molecule has 8 heteroatoms. The highest BCUT2D eigenvalue weighted by Crippen LogP contribution is 2.38. The number of rotatable bonds is 2. The molecule has 1 aromatic carbocycles. The van der Waals surface area contributed by atoms with Crippen LogP contribution in [0.15, 0.2) is 6.07 Å². The van der Waals surface area contributed by atoms with E-state index in [0.717, 1.165) is 0 Å². The SMILES string of the molecule is Fc1cc(F)c(F)c(C(F)(F)C(F)F)c1F. The van der Waals surface area contributed by atoms with E-state index in [1.54, 1.807) is 0 Å². The van der Waals surface area contributed by atoms with Crippen molar-refractivity contribution < 1.29 is 35.1 Å². The van der Waals surface area contributed by atoms with Gasteiger partial charge in [-0.2, -0.15) is 8.78 Å². The van der Waals surface area contributed by atoms with Crippen LogP contribution in [-0.2, 0) is 5.92 Å². The molecule has 1 rings (SSSR count). The highest BCUT2D eigenvalue weighted by molar-refractivity contribution is 5.27. The molecule has 0 radical (unpaired) electrons. The summed E-state index contributed by atoms with van der Waals surface area (Å²) in [7, 11) is 0. The van der Waals surface area contributed by atoms with Crippen molar-refractivity contribution in [2.75, 3.05) is 0 Å². The van der Waals surface area contributed by atoms with Gasteiger partial charge in [-0.3, -0.25) is 0 Å². The fourth-order valence-electron chi connectivity index (χ4n) is 0.975. The molecule has 16 heavy (non-hydrogen) atoms. The normalized spacial score (nSPS) is 12.3. The van der Waals surface area contributed by atoms with Crippen LogP contribution in [0, 0.1) is 23.3 Å². The zero-order valence-electron chi connectivity index (χ0n) is 7.18. The summed E-state index contributed by atoms with van der Waals surface area (Å²) in [5.41, 5.74) is -2.61. The van der Waals surface area contributed by atoms with Gasteiger partial charge < -0.3 is 0 Å². The van der Waals surface area contributed by atoms with Crippen LogP contribution < -0.4 is 0 Å². The van der Waals surface area contributed by atoms with Gasteiger partial charge >= 0.3 is 12.3 Å². The second kappa shape index (κ2) is 3.91. The van der Waals surface area contributed by atoms with Crippen molar-refractivity contribution >= 4 is 0 Å². The lowest BCUT2D eigenvalue weighted by atomic mass is 10.1. The van der Waals surface area contributed by atoms with Gasteiger partial charge in [-0.15, -0.1) is 0 Å². The topological polar surface area (TPSA) is 0 Å². The maximum atomic E-state index is 12.7. The molecule has 0 atom stereocenters. The smallest absolute Gasteiger partial charge is 0.204 e. The van der Waals surface area contributed by atoms with Crippen LogP contribution in [-0.4, -0.2) is 6.43 Å². The Morgan fingerprint density at radius 3 is 1.56 bits per heavy atom. The fraction of sp³-hybridized carbons (Fsp3) is 0.250. The molecule has 0 aliphatic carbocycles. The second-order valence-electron chi connectivity index (χ2n) is 2.77. The molecular formula is C8H2F8. The van der Waals surface area contributed by atoms with Gasteiger partial charge in [0.1, 0.15) is 5.56 Å². The maximum absolute atomic E-state index is 12.7.